The summed E-state index contributed by atoms with van der Waals surface area (Å²) in [5, 5.41) is 7.07. The molecule has 2 aliphatic rings. The van der Waals surface area contributed by atoms with E-state index in [2.05, 4.69) is 37.1 Å². The molecule has 1 fully saturated rings. The van der Waals surface area contributed by atoms with Gasteiger partial charge in [0, 0.05) is 44.5 Å². The summed E-state index contributed by atoms with van der Waals surface area (Å²) in [5.74, 6) is 1.09. The number of nitrogens with one attached hydrogen (secondary N) is 3. The van der Waals surface area contributed by atoms with Crippen LogP contribution in [0.2, 0.25) is 5.02 Å². The van der Waals surface area contributed by atoms with Crippen molar-refractivity contribution in [3.05, 3.63) is 35.0 Å². The van der Waals surface area contributed by atoms with Crippen molar-refractivity contribution in [2.24, 2.45) is 5.92 Å². The van der Waals surface area contributed by atoms with E-state index in [-0.39, 0.29) is 17.9 Å². The summed E-state index contributed by atoms with van der Waals surface area (Å²) in [5.41, 5.74) is 2.36. The van der Waals surface area contributed by atoms with E-state index in [4.69, 9.17) is 11.6 Å². The number of anilines is 4. The van der Waals surface area contributed by atoms with Crippen LogP contribution >= 0.6 is 11.6 Å². The molecule has 196 valence electrons. The Kier molecular flexibility index (Phi) is 8.86. The Balaban J connectivity index is 1.53. The molecule has 1 aliphatic heterocycles. The molecule has 1 aromatic heterocycles. The molecule has 0 bridgehead atoms. The summed E-state index contributed by atoms with van der Waals surface area (Å²) in [6.45, 7) is 7.41. The molecule has 2 atom stereocenters. The predicted molar refractivity (Wildman–Crippen MR) is 144 cm³/mol. The fourth-order valence-electron chi connectivity index (χ4n) is 4.98. The molecule has 2 aromatic rings. The maximum absolute atomic E-state index is 13.0. The van der Waals surface area contributed by atoms with Gasteiger partial charge in [0.1, 0.15) is 5.02 Å². The first-order valence-electron chi connectivity index (χ1n) is 12.5. The van der Waals surface area contributed by atoms with Crippen molar-refractivity contribution in [3.63, 3.8) is 0 Å². The molecule has 1 aromatic carbocycles. The average molecular weight is 536 g/mol. The molecular weight excluding hydrogens is 502 g/mol. The van der Waals surface area contributed by atoms with E-state index in [0.29, 0.717) is 42.0 Å². The maximum Gasteiger partial charge on any atom is 0.256 e. The maximum atomic E-state index is 13.0. The first-order chi connectivity index (χ1) is 17.4. The zero-order valence-electron chi connectivity index (χ0n) is 20.7. The first kappa shape index (κ1) is 26.4. The number of likely N-dealkylation sites (N-methyl/N-ethyl adjacent to an activating group) is 2. The Morgan fingerprint density at radius 1 is 1.11 bits per heavy atom. The second kappa shape index (κ2) is 12.1. The number of benzene rings is 1. The monoisotopic (exact) mass is 535 g/mol. The lowest BCUT2D eigenvalue weighted by Gasteiger charge is -2.32. The Labute approximate surface area is 218 Å². The molecule has 1 saturated carbocycles. The van der Waals surface area contributed by atoms with Crippen LogP contribution in [0.25, 0.3) is 0 Å². The van der Waals surface area contributed by atoms with Crippen LogP contribution in [0.4, 0.5) is 23.1 Å². The van der Waals surface area contributed by atoms with E-state index >= 15 is 0 Å². The molecule has 0 spiro atoms. The molecule has 12 heteroatoms. The van der Waals surface area contributed by atoms with Gasteiger partial charge in [-0.2, -0.15) is 4.98 Å². The smallest absolute Gasteiger partial charge is 0.256 e. The van der Waals surface area contributed by atoms with Gasteiger partial charge in [-0.3, -0.25) is 4.79 Å². The van der Waals surface area contributed by atoms with E-state index in [1.807, 2.05) is 30.0 Å². The number of hydrogen-bond donors (Lipinski definition) is 4. The third-order valence-electron chi connectivity index (χ3n) is 6.97. The van der Waals surface area contributed by atoms with Gasteiger partial charge in [0.15, 0.2) is 5.82 Å². The van der Waals surface area contributed by atoms with Crippen molar-refractivity contribution < 1.29 is 13.2 Å². The molecule has 2 heterocycles. The summed E-state index contributed by atoms with van der Waals surface area (Å²) < 4.78 is 24.6. The third kappa shape index (κ3) is 6.19. The van der Waals surface area contributed by atoms with E-state index in [9.17, 15) is 13.2 Å². The number of rotatable bonds is 9. The van der Waals surface area contributed by atoms with Crippen molar-refractivity contribution >= 4 is 51.5 Å². The van der Waals surface area contributed by atoms with Crippen LogP contribution < -0.4 is 20.3 Å². The number of amides is 1. The number of thiol groups is 1. The minimum absolute atomic E-state index is 0.0438. The molecule has 0 radical (unpaired) electrons. The van der Waals surface area contributed by atoms with Crippen LogP contribution in [-0.4, -0.2) is 68.0 Å². The van der Waals surface area contributed by atoms with E-state index in [0.717, 1.165) is 50.1 Å². The van der Waals surface area contributed by atoms with E-state index in [1.165, 1.54) is 0 Å². The van der Waals surface area contributed by atoms with Crippen molar-refractivity contribution in [2.45, 2.75) is 45.6 Å². The largest absolute Gasteiger partial charge is 0.369 e. The highest BCUT2D eigenvalue weighted by atomic mass is 35.5. The SMILES string of the molecule is CCN1CCN(CC)c2cc(Nc3ncc(Cl)c(N[C@@H]4CCCC[C@@H]4CN[SH](=O)=O)n3)ccc2C1=O. The van der Waals surface area contributed by atoms with Crippen molar-refractivity contribution in [2.75, 3.05) is 48.3 Å². The fourth-order valence-corrected chi connectivity index (χ4v) is 5.51. The minimum atomic E-state index is -2.63. The zero-order valence-corrected chi connectivity index (χ0v) is 22.3. The van der Waals surface area contributed by atoms with Crippen LogP contribution in [0.3, 0.4) is 0 Å². The molecule has 10 nitrogen and oxygen atoms in total. The van der Waals surface area contributed by atoms with Gasteiger partial charge >= 0.3 is 0 Å². The lowest BCUT2D eigenvalue weighted by atomic mass is 9.84. The van der Waals surface area contributed by atoms with Gasteiger partial charge in [-0.15, -0.1) is 0 Å². The number of aromatic nitrogens is 2. The lowest BCUT2D eigenvalue weighted by molar-refractivity contribution is 0.0775. The van der Waals surface area contributed by atoms with Crippen molar-refractivity contribution in [3.8, 4) is 0 Å². The topological polar surface area (TPSA) is 120 Å². The van der Waals surface area contributed by atoms with Gasteiger partial charge < -0.3 is 20.4 Å². The Morgan fingerprint density at radius 3 is 2.61 bits per heavy atom. The molecule has 4 rings (SSSR count). The van der Waals surface area contributed by atoms with E-state index in [1.54, 1.807) is 6.20 Å². The summed E-state index contributed by atoms with van der Waals surface area (Å²) in [7, 11) is -2.63. The van der Waals surface area contributed by atoms with Crippen molar-refractivity contribution in [1.29, 1.82) is 0 Å². The molecule has 36 heavy (non-hydrogen) atoms. The van der Waals surface area contributed by atoms with Gasteiger partial charge in [-0.05, 0) is 50.8 Å². The number of carbonyl (C=O) groups is 1. The molecule has 1 aliphatic carbocycles. The standard InChI is InChI=1S/C24H34ClN7O3S/c1-3-31-11-12-32(4-2)23(33)18-10-9-17(13-21(18)31)28-24-26-15-19(25)22(30-24)29-20-8-6-5-7-16(20)14-27-36(34)35/h9-10,13,15-16,20,36H,3-8,11-12,14H2,1-2H3,(H,27,34,35)(H2,26,28,29,30)/t16-,20-/m1/s1. The quantitative estimate of drug-likeness (QED) is 0.361. The van der Waals surface area contributed by atoms with Gasteiger partial charge in [0.2, 0.25) is 16.8 Å². The number of carbonyl (C=O) groups excluding carboxylic acids is 1. The molecule has 3 N–H and O–H groups in total. The Hall–Kier alpha value is -2.63. The van der Waals surface area contributed by atoms with Crippen molar-refractivity contribution in [1.82, 2.24) is 19.6 Å². The normalized spacial score (nSPS) is 20.3. The highest BCUT2D eigenvalue weighted by Gasteiger charge is 2.27. The summed E-state index contributed by atoms with van der Waals surface area (Å²) in [6, 6.07) is 5.74. The van der Waals surface area contributed by atoms with Gasteiger partial charge in [-0.25, -0.2) is 18.1 Å². The number of hydrogen-bond acceptors (Lipinski definition) is 8. The van der Waals surface area contributed by atoms with Gasteiger partial charge in [0.05, 0.1) is 17.4 Å². The molecule has 0 unspecified atom stereocenters. The molecular formula is C24H34ClN7O3S. The van der Waals surface area contributed by atoms with Crippen LogP contribution in [0.15, 0.2) is 24.4 Å². The van der Waals surface area contributed by atoms with E-state index < -0.39 is 10.9 Å². The summed E-state index contributed by atoms with van der Waals surface area (Å²) >= 11 is 6.41. The third-order valence-corrected chi connectivity index (χ3v) is 7.69. The second-order valence-electron chi connectivity index (χ2n) is 9.13. The predicted octanol–water partition coefficient (Wildman–Crippen LogP) is 3.26. The second-order valence-corrected chi connectivity index (χ2v) is 10.4. The average Bonchev–Trinajstić information content (AvgIpc) is 3.01. The summed E-state index contributed by atoms with van der Waals surface area (Å²) in [6.07, 6.45) is 5.51. The van der Waals surface area contributed by atoms with Crippen LogP contribution in [0.1, 0.15) is 49.9 Å². The minimum Gasteiger partial charge on any atom is -0.369 e. The Morgan fingerprint density at radius 2 is 1.86 bits per heavy atom. The van der Waals surface area contributed by atoms with Crippen LogP contribution in [0.5, 0.6) is 0 Å². The lowest BCUT2D eigenvalue weighted by Crippen LogP contribution is -2.38. The highest BCUT2D eigenvalue weighted by Crippen LogP contribution is 2.32. The number of nitrogens with zero attached hydrogens (tertiary/aromatic N) is 4. The van der Waals surface area contributed by atoms with Crippen LogP contribution in [-0.2, 0) is 10.9 Å². The Bertz CT molecular complexity index is 1150. The molecule has 1 amide bonds. The number of halogens is 1. The van der Waals surface area contributed by atoms with Crippen LogP contribution in [0, 0.1) is 5.92 Å². The van der Waals surface area contributed by atoms with Gasteiger partial charge in [-0.1, -0.05) is 24.4 Å². The molecule has 0 saturated heterocycles. The van der Waals surface area contributed by atoms with Gasteiger partial charge in [0.25, 0.3) is 5.91 Å². The number of fused-ring (bicyclic) bond motifs is 1. The highest BCUT2D eigenvalue weighted by molar-refractivity contribution is 7.70. The fraction of sp³-hybridized carbons (Fsp3) is 0.542. The first-order valence-corrected chi connectivity index (χ1v) is 14.1. The summed E-state index contributed by atoms with van der Waals surface area (Å²) in [4.78, 5) is 26.0. The zero-order chi connectivity index (χ0) is 25.7.